The van der Waals surface area contributed by atoms with Crippen molar-refractivity contribution in [3.8, 4) is 0 Å². The van der Waals surface area contributed by atoms with Crippen molar-refractivity contribution in [1.82, 2.24) is 4.90 Å². The largest absolute Gasteiger partial charge is 0.302 e. The average molecular weight is 227 g/mol. The minimum atomic E-state index is -0.576. The number of carbonyl (C=O) groups is 1. The molecule has 0 aliphatic carbocycles. The number of halogens is 2. The number of benzene rings is 1. The van der Waals surface area contributed by atoms with Crippen LogP contribution in [0.25, 0.3) is 0 Å². The van der Waals surface area contributed by atoms with Crippen LogP contribution < -0.4 is 0 Å². The first-order valence-electron chi connectivity index (χ1n) is 5.11. The van der Waals surface area contributed by atoms with Gasteiger partial charge in [-0.25, -0.2) is 8.78 Å². The molecule has 0 aliphatic rings. The summed E-state index contributed by atoms with van der Waals surface area (Å²) in [5.41, 5.74) is 0.437. The molecule has 0 N–H and O–H groups in total. The topological polar surface area (TPSA) is 20.3 Å². The molecule has 0 saturated heterocycles. The summed E-state index contributed by atoms with van der Waals surface area (Å²) in [5, 5.41) is 0. The van der Waals surface area contributed by atoms with Crippen molar-refractivity contribution in [3.05, 3.63) is 35.4 Å². The third-order valence-corrected chi connectivity index (χ3v) is 2.30. The number of ketones is 1. The van der Waals surface area contributed by atoms with Crippen molar-refractivity contribution in [2.24, 2.45) is 0 Å². The van der Waals surface area contributed by atoms with Crippen LogP contribution in [0.5, 0.6) is 0 Å². The summed E-state index contributed by atoms with van der Waals surface area (Å²) in [7, 11) is 1.80. The van der Waals surface area contributed by atoms with Gasteiger partial charge >= 0.3 is 0 Å². The number of Topliss-reactive ketones (excluding diaryl/α,β-unsaturated/α-hetero) is 1. The molecule has 0 aromatic heterocycles. The van der Waals surface area contributed by atoms with E-state index >= 15 is 0 Å². The number of hydrogen-bond donors (Lipinski definition) is 0. The van der Waals surface area contributed by atoms with Gasteiger partial charge in [-0.05, 0) is 20.0 Å². The van der Waals surface area contributed by atoms with Gasteiger partial charge in [0.15, 0.2) is 0 Å². The van der Waals surface area contributed by atoms with Crippen LogP contribution >= 0.6 is 0 Å². The Labute approximate surface area is 93.9 Å². The highest BCUT2D eigenvalue weighted by Crippen LogP contribution is 2.11. The van der Waals surface area contributed by atoms with Gasteiger partial charge in [-0.2, -0.15) is 0 Å². The predicted molar refractivity (Wildman–Crippen MR) is 58.0 cm³/mol. The van der Waals surface area contributed by atoms with E-state index in [1.807, 2.05) is 4.90 Å². The fourth-order valence-electron chi connectivity index (χ4n) is 1.37. The lowest BCUT2D eigenvalue weighted by Crippen LogP contribution is -2.21. The zero-order chi connectivity index (χ0) is 12.1. The molecule has 1 aromatic carbocycles. The molecule has 4 heteroatoms. The fourth-order valence-corrected chi connectivity index (χ4v) is 1.37. The molecule has 0 fully saturated rings. The monoisotopic (exact) mass is 227 g/mol. The molecule has 1 rings (SSSR count). The van der Waals surface area contributed by atoms with E-state index in [2.05, 4.69) is 0 Å². The summed E-state index contributed by atoms with van der Waals surface area (Å²) in [5.74, 6) is -1.02. The maximum atomic E-state index is 13.3. The van der Waals surface area contributed by atoms with Crippen molar-refractivity contribution in [1.29, 1.82) is 0 Å². The van der Waals surface area contributed by atoms with Crippen molar-refractivity contribution >= 4 is 5.78 Å². The second-order valence-electron chi connectivity index (χ2n) is 3.93. The van der Waals surface area contributed by atoms with E-state index in [1.165, 1.54) is 19.1 Å². The summed E-state index contributed by atoms with van der Waals surface area (Å²) in [6, 6.07) is 3.53. The second kappa shape index (κ2) is 5.70. The van der Waals surface area contributed by atoms with Gasteiger partial charge in [0.1, 0.15) is 17.4 Å². The molecule has 0 heterocycles. The molecule has 0 bridgehead atoms. The Morgan fingerprint density at radius 1 is 1.38 bits per heavy atom. The van der Waals surface area contributed by atoms with Crippen LogP contribution in [0, 0.1) is 11.6 Å². The van der Waals surface area contributed by atoms with Gasteiger partial charge in [0, 0.05) is 31.1 Å². The average Bonchev–Trinajstić information content (AvgIpc) is 2.19. The molecule has 0 aliphatic heterocycles. The Morgan fingerprint density at radius 3 is 2.62 bits per heavy atom. The van der Waals surface area contributed by atoms with E-state index in [4.69, 9.17) is 0 Å². The van der Waals surface area contributed by atoms with Gasteiger partial charge in [-0.15, -0.1) is 0 Å². The zero-order valence-corrected chi connectivity index (χ0v) is 9.46. The summed E-state index contributed by atoms with van der Waals surface area (Å²) < 4.78 is 25.9. The van der Waals surface area contributed by atoms with Gasteiger partial charge in [0.25, 0.3) is 0 Å². The van der Waals surface area contributed by atoms with Gasteiger partial charge in [0.2, 0.25) is 0 Å². The summed E-state index contributed by atoms with van der Waals surface area (Å²) in [4.78, 5) is 12.6. The third-order valence-electron chi connectivity index (χ3n) is 2.30. The maximum Gasteiger partial charge on any atom is 0.131 e. The van der Waals surface area contributed by atoms with Gasteiger partial charge < -0.3 is 4.90 Å². The second-order valence-corrected chi connectivity index (χ2v) is 3.93. The highest BCUT2D eigenvalue weighted by Gasteiger charge is 2.07. The molecule has 0 atom stereocenters. The minimum Gasteiger partial charge on any atom is -0.302 e. The van der Waals surface area contributed by atoms with Gasteiger partial charge in [-0.3, -0.25) is 4.79 Å². The minimum absolute atomic E-state index is 0.103. The molecule has 88 valence electrons. The fraction of sp³-hybridized carbons (Fsp3) is 0.417. The Morgan fingerprint density at radius 2 is 2.06 bits per heavy atom. The molecule has 0 radical (unpaired) electrons. The molecular formula is C12H15F2NO. The van der Waals surface area contributed by atoms with Gasteiger partial charge in [0.05, 0.1) is 0 Å². The quantitative estimate of drug-likeness (QED) is 0.769. The first kappa shape index (κ1) is 12.8. The standard InChI is InChI=1S/C12H15F2NO/c1-9(16)5-6-15(2)8-10-3-4-11(13)7-12(10)14/h3-4,7H,5-6,8H2,1-2H3. The van der Waals surface area contributed by atoms with E-state index < -0.39 is 11.6 Å². The van der Waals surface area contributed by atoms with E-state index in [0.29, 0.717) is 25.1 Å². The Kier molecular flexibility index (Phi) is 4.55. The zero-order valence-electron chi connectivity index (χ0n) is 9.46. The van der Waals surface area contributed by atoms with Crippen molar-refractivity contribution in [2.45, 2.75) is 19.9 Å². The highest BCUT2D eigenvalue weighted by molar-refractivity contribution is 5.75. The summed E-state index contributed by atoms with van der Waals surface area (Å²) >= 11 is 0. The maximum absolute atomic E-state index is 13.3. The molecule has 0 spiro atoms. The Balaban J connectivity index is 2.55. The number of rotatable bonds is 5. The van der Waals surface area contributed by atoms with Crippen molar-refractivity contribution in [2.75, 3.05) is 13.6 Å². The van der Waals surface area contributed by atoms with Crippen LogP contribution in [-0.4, -0.2) is 24.3 Å². The number of carbonyl (C=O) groups excluding carboxylic acids is 1. The molecule has 16 heavy (non-hydrogen) atoms. The summed E-state index contributed by atoms with van der Waals surface area (Å²) in [6.07, 6.45) is 0.444. The first-order chi connectivity index (χ1) is 7.49. The van der Waals surface area contributed by atoms with Crippen LogP contribution in [0.4, 0.5) is 8.78 Å². The lowest BCUT2D eigenvalue weighted by atomic mass is 10.2. The first-order valence-corrected chi connectivity index (χ1v) is 5.11. The van der Waals surface area contributed by atoms with Crippen LogP contribution in [-0.2, 0) is 11.3 Å². The molecule has 2 nitrogen and oxygen atoms in total. The smallest absolute Gasteiger partial charge is 0.131 e. The summed E-state index contributed by atoms with van der Waals surface area (Å²) in [6.45, 7) is 2.47. The van der Waals surface area contributed by atoms with E-state index in [9.17, 15) is 13.6 Å². The molecule has 0 unspecified atom stereocenters. The van der Waals surface area contributed by atoms with E-state index in [-0.39, 0.29) is 5.78 Å². The molecule has 1 aromatic rings. The van der Waals surface area contributed by atoms with Gasteiger partial charge in [-0.1, -0.05) is 6.07 Å². The normalized spacial score (nSPS) is 10.8. The SMILES string of the molecule is CC(=O)CCN(C)Cc1ccc(F)cc1F. The Hall–Kier alpha value is -1.29. The highest BCUT2D eigenvalue weighted by atomic mass is 19.1. The Bertz CT molecular complexity index is 379. The predicted octanol–water partition coefficient (Wildman–Crippen LogP) is 2.38. The molecule has 0 saturated carbocycles. The number of nitrogens with zero attached hydrogens (tertiary/aromatic N) is 1. The van der Waals surface area contributed by atoms with Crippen LogP contribution in [0.2, 0.25) is 0 Å². The van der Waals surface area contributed by atoms with Crippen molar-refractivity contribution in [3.63, 3.8) is 0 Å². The lowest BCUT2D eigenvalue weighted by molar-refractivity contribution is -0.117. The third kappa shape index (κ3) is 4.06. The number of hydrogen-bond acceptors (Lipinski definition) is 2. The molecule has 0 amide bonds. The lowest BCUT2D eigenvalue weighted by Gasteiger charge is -2.16. The van der Waals surface area contributed by atoms with Crippen molar-refractivity contribution < 1.29 is 13.6 Å². The van der Waals surface area contributed by atoms with Crippen LogP contribution in [0.15, 0.2) is 18.2 Å². The van der Waals surface area contributed by atoms with E-state index in [0.717, 1.165) is 6.07 Å². The molecular weight excluding hydrogens is 212 g/mol. The van der Waals surface area contributed by atoms with Crippen LogP contribution in [0.1, 0.15) is 18.9 Å². The van der Waals surface area contributed by atoms with E-state index in [1.54, 1.807) is 7.05 Å². The van der Waals surface area contributed by atoms with Crippen LogP contribution in [0.3, 0.4) is 0 Å².